The van der Waals surface area contributed by atoms with Crippen LogP contribution in [-0.2, 0) is 9.47 Å². The Labute approximate surface area is 104 Å². The molecule has 3 nitrogen and oxygen atoms in total. The summed E-state index contributed by atoms with van der Waals surface area (Å²) in [6.07, 6.45) is -9.22. The van der Waals surface area contributed by atoms with E-state index < -0.39 is 24.7 Å². The number of nitrogens with zero attached hydrogens (tertiary/aromatic N) is 1. The maximum Gasteiger partial charge on any atom is 0.450 e. The first-order chi connectivity index (χ1) is 8.18. The van der Waals surface area contributed by atoms with Crippen LogP contribution < -0.4 is 0 Å². The molecule has 0 spiro atoms. The van der Waals surface area contributed by atoms with Gasteiger partial charge in [0.05, 0.1) is 13.2 Å². The van der Waals surface area contributed by atoms with Gasteiger partial charge >= 0.3 is 12.4 Å². The molecule has 10 heteroatoms. The van der Waals surface area contributed by atoms with Crippen molar-refractivity contribution in [1.82, 2.24) is 4.90 Å². The molecule has 0 bridgehead atoms. The predicted molar refractivity (Wildman–Crippen MR) is 51.0 cm³/mol. The van der Waals surface area contributed by atoms with E-state index >= 15 is 0 Å². The number of ether oxygens (including phenoxy) is 2. The number of rotatable bonds is 3. The first kappa shape index (κ1) is 17.8. The quantitative estimate of drug-likeness (QED) is 0.590. The highest BCUT2D eigenvalue weighted by Gasteiger charge is 2.39. The summed E-state index contributed by atoms with van der Waals surface area (Å²) in [4.78, 5) is 1.21. The molecular formula is C9H12F7NO2. The third kappa shape index (κ3) is 7.09. The highest BCUT2D eigenvalue weighted by atomic mass is 19.4. The van der Waals surface area contributed by atoms with Gasteiger partial charge in [-0.3, -0.25) is 4.70 Å². The predicted octanol–water partition coefficient (Wildman–Crippen LogP) is 2.45. The third-order valence-electron chi connectivity index (χ3n) is 2.02. The van der Waals surface area contributed by atoms with Crippen molar-refractivity contribution in [3.8, 4) is 0 Å². The van der Waals surface area contributed by atoms with Crippen LogP contribution in [-0.4, -0.2) is 50.2 Å². The molecule has 0 N–H and O–H groups in total. The molecule has 1 fully saturated rings. The summed E-state index contributed by atoms with van der Waals surface area (Å²) in [6, 6.07) is 0. The molecular weight excluding hydrogens is 287 g/mol. The minimum atomic E-state index is -4.95. The molecule has 0 atom stereocenters. The van der Waals surface area contributed by atoms with Crippen molar-refractivity contribution < 1.29 is 40.5 Å². The molecule has 1 aliphatic rings. The van der Waals surface area contributed by atoms with Crippen LogP contribution in [0.5, 0.6) is 0 Å². The van der Waals surface area contributed by atoms with E-state index in [4.69, 9.17) is 4.74 Å². The minimum absolute atomic E-state index is 0. The van der Waals surface area contributed by atoms with E-state index in [2.05, 4.69) is 4.74 Å². The number of morpholine rings is 1. The van der Waals surface area contributed by atoms with Gasteiger partial charge in [-0.2, -0.15) is 26.3 Å². The van der Waals surface area contributed by atoms with Crippen molar-refractivity contribution in [2.45, 2.75) is 12.4 Å². The van der Waals surface area contributed by atoms with Gasteiger partial charge in [0.1, 0.15) is 0 Å². The second-order valence-electron chi connectivity index (χ2n) is 3.54. The summed E-state index contributed by atoms with van der Waals surface area (Å²) in [5, 5.41) is 0. The lowest BCUT2D eigenvalue weighted by Gasteiger charge is -2.26. The Morgan fingerprint density at radius 1 is 1.11 bits per heavy atom. The van der Waals surface area contributed by atoms with Crippen LogP contribution >= 0.6 is 0 Å². The highest BCUT2D eigenvalue weighted by Crippen LogP contribution is 2.29. The van der Waals surface area contributed by atoms with Gasteiger partial charge in [-0.1, -0.05) is 0 Å². The highest BCUT2D eigenvalue weighted by molar-refractivity contribution is 5.00. The minimum Gasteiger partial charge on any atom is -0.478 e. The first-order valence-electron chi connectivity index (χ1n) is 4.99. The van der Waals surface area contributed by atoms with E-state index in [-0.39, 0.29) is 31.0 Å². The van der Waals surface area contributed by atoms with Gasteiger partial charge in [0, 0.05) is 19.3 Å². The molecule has 0 radical (unpaired) electrons. The van der Waals surface area contributed by atoms with E-state index in [1.54, 1.807) is 0 Å². The summed E-state index contributed by atoms with van der Waals surface area (Å²) in [5.41, 5.74) is 0. The Kier molecular flexibility index (Phi) is 6.40. The van der Waals surface area contributed by atoms with Gasteiger partial charge in [0.2, 0.25) is 5.76 Å². The molecule has 0 aliphatic carbocycles. The van der Waals surface area contributed by atoms with Gasteiger partial charge in [0.15, 0.2) is 6.61 Å². The summed E-state index contributed by atoms with van der Waals surface area (Å²) in [6.45, 7) is -1.17. The van der Waals surface area contributed by atoms with Crippen molar-refractivity contribution in [1.29, 1.82) is 0 Å². The lowest BCUT2D eigenvalue weighted by molar-refractivity contribution is -0.191. The van der Waals surface area contributed by atoms with Gasteiger partial charge in [-0.15, -0.1) is 0 Å². The molecule has 114 valence electrons. The fourth-order valence-corrected chi connectivity index (χ4v) is 1.22. The molecule has 1 heterocycles. The molecule has 0 unspecified atom stereocenters. The maximum absolute atomic E-state index is 12.4. The Morgan fingerprint density at radius 2 is 1.63 bits per heavy atom. The van der Waals surface area contributed by atoms with Crippen LogP contribution in [0.25, 0.3) is 0 Å². The van der Waals surface area contributed by atoms with E-state index in [9.17, 15) is 26.3 Å². The monoisotopic (exact) mass is 299 g/mol. The van der Waals surface area contributed by atoms with Crippen LogP contribution in [0.4, 0.5) is 31.0 Å². The fraction of sp³-hybridized carbons (Fsp3) is 0.778. The second-order valence-corrected chi connectivity index (χ2v) is 3.54. The second kappa shape index (κ2) is 6.83. The third-order valence-corrected chi connectivity index (χ3v) is 2.02. The van der Waals surface area contributed by atoms with Gasteiger partial charge in [0.25, 0.3) is 0 Å². The lowest BCUT2D eigenvalue weighted by Crippen LogP contribution is -2.34. The molecule has 1 saturated heterocycles. The largest absolute Gasteiger partial charge is 0.478 e. The zero-order chi connectivity index (χ0) is 13.8. The van der Waals surface area contributed by atoms with E-state index in [1.165, 1.54) is 4.90 Å². The van der Waals surface area contributed by atoms with Crippen molar-refractivity contribution in [3.63, 3.8) is 0 Å². The lowest BCUT2D eigenvalue weighted by atomic mass is 10.4. The Balaban J connectivity index is 0.00000324. The number of hydrogen-bond donors (Lipinski definition) is 0. The molecule has 0 aromatic carbocycles. The van der Waals surface area contributed by atoms with Crippen molar-refractivity contribution >= 4 is 0 Å². The molecule has 0 aromatic heterocycles. The fourth-order valence-electron chi connectivity index (χ4n) is 1.22. The van der Waals surface area contributed by atoms with Crippen LogP contribution in [0.1, 0.15) is 0 Å². The average molecular weight is 299 g/mol. The van der Waals surface area contributed by atoms with E-state index in [0.29, 0.717) is 6.20 Å². The zero-order valence-corrected chi connectivity index (χ0v) is 9.55. The Hall–Kier alpha value is -1.19. The van der Waals surface area contributed by atoms with Crippen LogP contribution in [0.15, 0.2) is 12.0 Å². The Bertz CT molecular complexity index is 294. The first-order valence-corrected chi connectivity index (χ1v) is 4.99. The number of halogens is 7. The maximum atomic E-state index is 12.4. The SMILES string of the molecule is F.FC(F)(F)COC(=CN1CCOCC1)C(F)(F)F. The topological polar surface area (TPSA) is 21.7 Å². The van der Waals surface area contributed by atoms with Crippen molar-refractivity contribution in [2.75, 3.05) is 32.9 Å². The van der Waals surface area contributed by atoms with Crippen LogP contribution in [0.2, 0.25) is 0 Å². The molecule has 1 rings (SSSR count). The summed E-state index contributed by atoms with van der Waals surface area (Å²) < 4.78 is 81.5. The van der Waals surface area contributed by atoms with Crippen LogP contribution in [0.3, 0.4) is 0 Å². The van der Waals surface area contributed by atoms with Gasteiger partial charge in [-0.25, -0.2) is 0 Å². The summed E-state index contributed by atoms with van der Waals surface area (Å²) in [7, 11) is 0. The number of allylic oxidation sites excluding steroid dienone is 1. The molecule has 0 saturated carbocycles. The van der Waals surface area contributed by atoms with E-state index in [1.807, 2.05) is 0 Å². The van der Waals surface area contributed by atoms with E-state index in [0.717, 1.165) is 0 Å². The smallest absolute Gasteiger partial charge is 0.450 e. The number of alkyl halides is 6. The molecule has 0 amide bonds. The molecule has 0 aromatic rings. The standard InChI is InChI=1S/C9H11F6NO2.FH/c10-8(11,12)6-18-7(9(13,14)15)5-16-1-3-17-4-2-16;/h5H,1-4,6H2;1H. The summed E-state index contributed by atoms with van der Waals surface area (Å²) in [5.74, 6) is -1.65. The van der Waals surface area contributed by atoms with Gasteiger partial charge < -0.3 is 14.4 Å². The van der Waals surface area contributed by atoms with Crippen LogP contribution in [0, 0.1) is 0 Å². The Morgan fingerprint density at radius 3 is 2.05 bits per heavy atom. The van der Waals surface area contributed by atoms with Crippen molar-refractivity contribution in [3.05, 3.63) is 12.0 Å². The molecule has 19 heavy (non-hydrogen) atoms. The van der Waals surface area contributed by atoms with Gasteiger partial charge in [-0.05, 0) is 0 Å². The summed E-state index contributed by atoms with van der Waals surface area (Å²) >= 11 is 0. The molecule has 1 aliphatic heterocycles. The average Bonchev–Trinajstić information content (AvgIpc) is 2.22. The normalized spacial score (nSPS) is 18.0. The zero-order valence-electron chi connectivity index (χ0n) is 9.55. The van der Waals surface area contributed by atoms with Crippen molar-refractivity contribution in [2.24, 2.45) is 0 Å². The number of hydrogen-bond acceptors (Lipinski definition) is 3.